The minimum atomic E-state index is 0.608. The van der Waals surface area contributed by atoms with Crippen LogP contribution in [0.1, 0.15) is 0 Å². The van der Waals surface area contributed by atoms with Crippen molar-refractivity contribution in [3.63, 3.8) is 0 Å². The maximum absolute atomic E-state index is 6.89. The molecule has 0 spiro atoms. The normalized spacial score (nSPS) is 11.8. The van der Waals surface area contributed by atoms with E-state index in [0.717, 1.165) is 55.0 Å². The molecule has 0 saturated heterocycles. The first kappa shape index (κ1) is 27.0. The van der Waals surface area contributed by atoms with Gasteiger partial charge in [-0.25, -0.2) is 15.0 Å². The van der Waals surface area contributed by atoms with Crippen LogP contribution in [0, 0.1) is 0 Å². The fraction of sp³-hybridized carbons (Fsp3) is 0. The summed E-state index contributed by atoms with van der Waals surface area (Å²) in [6.45, 7) is 0. The lowest BCUT2D eigenvalue weighted by Gasteiger charge is -2.11. The van der Waals surface area contributed by atoms with Crippen molar-refractivity contribution in [1.29, 1.82) is 0 Å². The van der Waals surface area contributed by atoms with Gasteiger partial charge in [-0.1, -0.05) is 140 Å². The van der Waals surface area contributed by atoms with Crippen molar-refractivity contribution in [2.24, 2.45) is 0 Å². The molecule has 10 aromatic rings. The second-order valence-electron chi connectivity index (χ2n) is 11.9. The summed E-state index contributed by atoms with van der Waals surface area (Å²) in [6.07, 6.45) is 0. The molecule has 0 unspecified atom stereocenters. The second kappa shape index (κ2) is 10.7. The molecule has 3 heterocycles. The third-order valence-electron chi connectivity index (χ3n) is 9.14. The summed E-state index contributed by atoms with van der Waals surface area (Å²) in [5, 5.41) is 6.91. The number of thiophene rings is 1. The van der Waals surface area contributed by atoms with Crippen LogP contribution in [0.5, 0.6) is 0 Å². The van der Waals surface area contributed by atoms with Crippen LogP contribution >= 0.6 is 11.3 Å². The van der Waals surface area contributed by atoms with E-state index in [-0.39, 0.29) is 0 Å². The number of furan rings is 1. The lowest BCUT2D eigenvalue weighted by Crippen LogP contribution is -2.00. The van der Waals surface area contributed by atoms with Crippen molar-refractivity contribution in [2.75, 3.05) is 0 Å². The van der Waals surface area contributed by atoms with E-state index in [4.69, 9.17) is 19.4 Å². The molecule has 0 fully saturated rings. The molecule has 224 valence electrons. The lowest BCUT2D eigenvalue weighted by molar-refractivity contribution is 0.670. The highest BCUT2D eigenvalue weighted by molar-refractivity contribution is 7.26. The zero-order valence-electron chi connectivity index (χ0n) is 25.6. The summed E-state index contributed by atoms with van der Waals surface area (Å²) in [5.41, 5.74) is 6.73. The molecule has 0 atom stereocenters. The van der Waals surface area contributed by atoms with E-state index in [1.807, 2.05) is 72.0 Å². The Hall–Kier alpha value is -6.17. The molecular formula is C43H25N3OS. The quantitative estimate of drug-likeness (QED) is 0.194. The van der Waals surface area contributed by atoms with Gasteiger partial charge in [0.25, 0.3) is 0 Å². The molecule has 0 N–H and O–H groups in total. The van der Waals surface area contributed by atoms with Crippen LogP contribution in [-0.4, -0.2) is 15.0 Å². The van der Waals surface area contributed by atoms with E-state index in [1.165, 1.54) is 25.7 Å². The number of hydrogen-bond acceptors (Lipinski definition) is 5. The standard InChI is InChI=1S/C43H25N3OS/c1-3-13-26(14-4-1)41-44-42(27-15-5-2-6-16-27)46-43(45-41)35-25-36-38(30-19-8-7-17-28(30)35)34-23-11-20-31(39(34)47-36)33-22-12-21-32-29-18-9-10-24-37(29)48-40(32)33/h1-25H. The molecule has 0 aliphatic heterocycles. The molecule has 0 saturated carbocycles. The van der Waals surface area contributed by atoms with E-state index in [1.54, 1.807) is 0 Å². The summed E-state index contributed by atoms with van der Waals surface area (Å²) in [7, 11) is 0. The molecule has 0 bridgehead atoms. The Morgan fingerprint density at radius 1 is 0.417 bits per heavy atom. The van der Waals surface area contributed by atoms with Crippen LogP contribution in [0.2, 0.25) is 0 Å². The van der Waals surface area contributed by atoms with Crippen LogP contribution in [0.4, 0.5) is 0 Å². The number of benzene rings is 7. The van der Waals surface area contributed by atoms with E-state index in [2.05, 4.69) is 91.0 Å². The third-order valence-corrected chi connectivity index (χ3v) is 10.4. The van der Waals surface area contributed by atoms with Crippen molar-refractivity contribution in [3.05, 3.63) is 152 Å². The summed E-state index contributed by atoms with van der Waals surface area (Å²) in [6, 6.07) is 52.5. The van der Waals surface area contributed by atoms with Crippen molar-refractivity contribution in [2.45, 2.75) is 0 Å². The minimum Gasteiger partial charge on any atom is -0.455 e. The van der Waals surface area contributed by atoms with Crippen LogP contribution in [0.15, 0.2) is 156 Å². The van der Waals surface area contributed by atoms with Gasteiger partial charge in [0.2, 0.25) is 0 Å². The molecular weight excluding hydrogens is 607 g/mol. The molecule has 0 aliphatic rings. The number of rotatable bonds is 4. The Balaban J connectivity index is 1.25. The van der Waals surface area contributed by atoms with Crippen molar-refractivity contribution in [3.8, 4) is 45.3 Å². The van der Waals surface area contributed by atoms with Gasteiger partial charge in [0, 0.05) is 58.8 Å². The van der Waals surface area contributed by atoms with Gasteiger partial charge in [-0.15, -0.1) is 11.3 Å². The van der Waals surface area contributed by atoms with Gasteiger partial charge < -0.3 is 4.42 Å². The Labute approximate surface area is 279 Å². The summed E-state index contributed by atoms with van der Waals surface area (Å²) in [4.78, 5) is 15.1. The van der Waals surface area contributed by atoms with Gasteiger partial charge >= 0.3 is 0 Å². The first-order valence-electron chi connectivity index (χ1n) is 15.9. The zero-order valence-corrected chi connectivity index (χ0v) is 26.4. The van der Waals surface area contributed by atoms with Crippen molar-refractivity contribution >= 4 is 64.2 Å². The van der Waals surface area contributed by atoms with Gasteiger partial charge in [-0.3, -0.25) is 0 Å². The number of nitrogens with zero attached hydrogens (tertiary/aromatic N) is 3. The summed E-state index contributed by atoms with van der Waals surface area (Å²) >= 11 is 1.84. The fourth-order valence-electron chi connectivity index (χ4n) is 6.95. The molecule has 7 aromatic carbocycles. The van der Waals surface area contributed by atoms with Gasteiger partial charge in [0.1, 0.15) is 11.2 Å². The monoisotopic (exact) mass is 631 g/mol. The topological polar surface area (TPSA) is 51.8 Å². The van der Waals surface area contributed by atoms with E-state index in [0.29, 0.717) is 17.5 Å². The average molecular weight is 632 g/mol. The molecule has 4 nitrogen and oxygen atoms in total. The van der Waals surface area contributed by atoms with Crippen LogP contribution < -0.4 is 0 Å². The predicted octanol–water partition coefficient (Wildman–Crippen LogP) is 12.0. The fourth-order valence-corrected chi connectivity index (χ4v) is 8.18. The molecule has 3 aromatic heterocycles. The second-order valence-corrected chi connectivity index (χ2v) is 13.0. The maximum Gasteiger partial charge on any atom is 0.164 e. The Kier molecular flexibility index (Phi) is 6.01. The first-order chi connectivity index (χ1) is 23.8. The number of fused-ring (bicyclic) bond motifs is 8. The SMILES string of the molecule is c1ccc(-c2nc(-c3ccccc3)nc(-c3cc4oc5c(-c6cccc7c6sc6ccccc67)cccc5c4c4ccccc34)n2)cc1. The van der Waals surface area contributed by atoms with Crippen LogP contribution in [0.3, 0.4) is 0 Å². The first-order valence-corrected chi connectivity index (χ1v) is 16.8. The van der Waals surface area contributed by atoms with Crippen molar-refractivity contribution < 1.29 is 4.42 Å². The van der Waals surface area contributed by atoms with Gasteiger partial charge in [0.15, 0.2) is 17.5 Å². The van der Waals surface area contributed by atoms with Crippen LogP contribution in [-0.2, 0) is 0 Å². The Morgan fingerprint density at radius 3 is 1.71 bits per heavy atom. The highest BCUT2D eigenvalue weighted by Gasteiger charge is 2.21. The molecule has 5 heteroatoms. The third kappa shape index (κ3) is 4.18. The lowest BCUT2D eigenvalue weighted by atomic mass is 9.96. The summed E-state index contributed by atoms with van der Waals surface area (Å²) < 4.78 is 9.45. The van der Waals surface area contributed by atoms with Gasteiger partial charge in [-0.05, 0) is 22.9 Å². The molecule has 10 rings (SSSR count). The number of aromatic nitrogens is 3. The summed E-state index contributed by atoms with van der Waals surface area (Å²) in [5.74, 6) is 1.87. The van der Waals surface area contributed by atoms with Crippen molar-refractivity contribution in [1.82, 2.24) is 15.0 Å². The predicted molar refractivity (Wildman–Crippen MR) is 199 cm³/mol. The molecule has 0 aliphatic carbocycles. The molecule has 48 heavy (non-hydrogen) atoms. The largest absolute Gasteiger partial charge is 0.455 e. The minimum absolute atomic E-state index is 0.608. The van der Waals surface area contributed by atoms with E-state index in [9.17, 15) is 0 Å². The van der Waals surface area contributed by atoms with E-state index < -0.39 is 0 Å². The molecule has 0 radical (unpaired) electrons. The highest BCUT2D eigenvalue weighted by atomic mass is 32.1. The highest BCUT2D eigenvalue weighted by Crippen LogP contribution is 2.45. The molecule has 0 amide bonds. The number of hydrogen-bond donors (Lipinski definition) is 0. The average Bonchev–Trinajstić information content (AvgIpc) is 3.74. The van der Waals surface area contributed by atoms with Crippen LogP contribution in [0.25, 0.3) is 98.2 Å². The Morgan fingerprint density at radius 2 is 0.979 bits per heavy atom. The number of para-hydroxylation sites is 1. The zero-order chi connectivity index (χ0) is 31.6. The Bertz CT molecular complexity index is 2780. The smallest absolute Gasteiger partial charge is 0.164 e. The van der Waals surface area contributed by atoms with E-state index >= 15 is 0 Å². The van der Waals surface area contributed by atoms with Gasteiger partial charge in [0.05, 0.1) is 0 Å². The maximum atomic E-state index is 6.89. The van der Waals surface area contributed by atoms with Gasteiger partial charge in [-0.2, -0.15) is 0 Å².